The first kappa shape index (κ1) is 15.4. The van der Waals surface area contributed by atoms with Gasteiger partial charge in [-0.15, -0.1) is 10.3 Å². The zero-order chi connectivity index (χ0) is 11.1. The van der Waals surface area contributed by atoms with Gasteiger partial charge in [0.1, 0.15) is 0 Å². The van der Waals surface area contributed by atoms with Crippen molar-refractivity contribution in [3.63, 3.8) is 0 Å². The Hall–Kier alpha value is 0.390. The van der Waals surface area contributed by atoms with E-state index in [-0.39, 0.29) is 29.6 Å². The summed E-state index contributed by atoms with van der Waals surface area (Å²) < 4.78 is 0. The summed E-state index contributed by atoms with van der Waals surface area (Å²) in [6.45, 7) is 7.10. The summed E-state index contributed by atoms with van der Waals surface area (Å²) in [4.78, 5) is 10.8. The van der Waals surface area contributed by atoms with E-state index in [1.165, 1.54) is 0 Å². The summed E-state index contributed by atoms with van der Waals surface area (Å²) >= 11 is 0. The van der Waals surface area contributed by atoms with Gasteiger partial charge in [0.2, 0.25) is 0 Å². The molecule has 0 aliphatic carbocycles. The van der Waals surface area contributed by atoms with Gasteiger partial charge in [0.05, 0.1) is 0 Å². The monoisotopic (exact) mass is 222 g/mol. The van der Waals surface area contributed by atoms with Crippen molar-refractivity contribution in [3.8, 4) is 0 Å². The van der Waals surface area contributed by atoms with Crippen LogP contribution in [0.4, 0.5) is 0 Å². The average molecular weight is 222 g/mol. The van der Waals surface area contributed by atoms with Gasteiger partial charge < -0.3 is 9.90 Å². The van der Waals surface area contributed by atoms with Gasteiger partial charge in [-0.05, 0) is 40.5 Å². The number of carbonyl (C=O) groups is 1. The third kappa shape index (κ3) is 3.17. The molecule has 0 amide bonds. The predicted octanol–water partition coefficient (Wildman–Crippen LogP) is -2.64. The fraction of sp³-hybridized carbons (Fsp3) is 0.900. The topological polar surface area (TPSA) is 63.3 Å². The van der Waals surface area contributed by atoms with Gasteiger partial charge in [-0.25, -0.2) is 0 Å². The van der Waals surface area contributed by atoms with Crippen LogP contribution < -0.4 is 34.7 Å². The maximum Gasteiger partial charge on any atom is 1.00 e. The van der Waals surface area contributed by atoms with Crippen LogP contribution in [-0.2, 0) is 10.0 Å². The predicted molar refractivity (Wildman–Crippen MR) is 48.4 cm³/mol. The molecule has 1 aliphatic heterocycles. The summed E-state index contributed by atoms with van der Waals surface area (Å²) in [5.74, 6) is -1.55. The van der Waals surface area contributed by atoms with Crippen LogP contribution in [0.15, 0.2) is 0 Å². The molecule has 0 aromatic heterocycles. The number of nitrogens with zero attached hydrogens (tertiary/aromatic N) is 1. The molecule has 1 saturated heterocycles. The second-order valence-corrected chi connectivity index (χ2v) is 5.34. The van der Waals surface area contributed by atoms with Crippen molar-refractivity contribution < 1.29 is 44.7 Å². The summed E-state index contributed by atoms with van der Waals surface area (Å²) in [5.41, 5.74) is -1.24. The fourth-order valence-corrected chi connectivity index (χ4v) is 2.43. The molecule has 1 aliphatic rings. The summed E-state index contributed by atoms with van der Waals surface area (Å²) in [5, 5.41) is 23.7. The second kappa shape index (κ2) is 4.72. The van der Waals surface area contributed by atoms with Gasteiger partial charge >= 0.3 is 29.6 Å². The van der Waals surface area contributed by atoms with Crippen LogP contribution in [0.25, 0.3) is 0 Å². The van der Waals surface area contributed by atoms with Gasteiger partial charge in [-0.2, -0.15) is 0 Å². The molecule has 1 rings (SSSR count). The van der Waals surface area contributed by atoms with Crippen molar-refractivity contribution in [2.45, 2.75) is 51.6 Å². The Labute approximate surface area is 113 Å². The zero-order valence-corrected chi connectivity index (χ0v) is 12.2. The van der Waals surface area contributed by atoms with Crippen LogP contribution in [0.3, 0.4) is 0 Å². The molecule has 81 valence electrons. The van der Waals surface area contributed by atoms with E-state index < -0.39 is 23.0 Å². The number of hydroxylamine groups is 2. The van der Waals surface area contributed by atoms with Crippen LogP contribution in [-0.4, -0.2) is 22.1 Å². The number of rotatable bonds is 1. The number of carboxylic acid groups (broad SMARTS) is 1. The Morgan fingerprint density at radius 2 is 1.53 bits per heavy atom. The van der Waals surface area contributed by atoms with Crippen LogP contribution in [0.1, 0.15) is 40.5 Å². The molecule has 0 bridgehead atoms. The zero-order valence-electron chi connectivity index (χ0n) is 10.2. The van der Waals surface area contributed by atoms with Gasteiger partial charge in [0.15, 0.2) is 0 Å². The van der Waals surface area contributed by atoms with E-state index in [4.69, 9.17) is 0 Å². The maximum absolute atomic E-state index is 11.8. The first-order valence-corrected chi connectivity index (χ1v) is 4.85. The van der Waals surface area contributed by atoms with Gasteiger partial charge in [-0.3, -0.25) is 0 Å². The minimum absolute atomic E-state index is 0. The SMILES string of the molecule is CC1(C)CC(C(=O)[O-])CC(C)(C)N1[O].[Na+]. The molecule has 0 saturated carbocycles. The van der Waals surface area contributed by atoms with Crippen molar-refractivity contribution >= 4 is 5.97 Å². The summed E-state index contributed by atoms with van der Waals surface area (Å²) in [6, 6.07) is 0. The smallest absolute Gasteiger partial charge is 0.550 e. The number of carboxylic acids is 1. The van der Waals surface area contributed by atoms with Gasteiger partial charge in [-0.1, -0.05) is 0 Å². The molecule has 1 radical (unpaired) electrons. The third-order valence-electron chi connectivity index (χ3n) is 2.92. The Balaban J connectivity index is 0.00000196. The van der Waals surface area contributed by atoms with Crippen molar-refractivity contribution in [1.29, 1.82) is 0 Å². The Morgan fingerprint density at radius 1 is 1.20 bits per heavy atom. The van der Waals surface area contributed by atoms with Crippen molar-refractivity contribution in [2.75, 3.05) is 0 Å². The minimum Gasteiger partial charge on any atom is -0.550 e. The molecule has 0 spiro atoms. The second-order valence-electron chi connectivity index (χ2n) is 5.34. The number of hydrogen-bond acceptors (Lipinski definition) is 3. The maximum atomic E-state index is 11.8. The van der Waals surface area contributed by atoms with Crippen molar-refractivity contribution in [1.82, 2.24) is 5.06 Å². The van der Waals surface area contributed by atoms with Crippen LogP contribution in [0, 0.1) is 5.92 Å². The Kier molecular flexibility index (Phi) is 4.84. The number of carbonyl (C=O) groups excluding carboxylic acids is 1. The molecule has 0 aromatic rings. The quantitative estimate of drug-likeness (QED) is 0.455. The molecule has 4 nitrogen and oxygen atoms in total. The fourth-order valence-electron chi connectivity index (χ4n) is 2.43. The van der Waals surface area contributed by atoms with E-state index in [1.807, 2.05) is 0 Å². The van der Waals surface area contributed by atoms with E-state index in [0.717, 1.165) is 5.06 Å². The Morgan fingerprint density at radius 3 is 1.80 bits per heavy atom. The molecule has 0 aromatic carbocycles. The van der Waals surface area contributed by atoms with E-state index in [2.05, 4.69) is 0 Å². The van der Waals surface area contributed by atoms with Crippen LogP contribution in [0.2, 0.25) is 0 Å². The standard InChI is InChI=1S/C10H18NO3.Na/c1-9(2)5-7(8(12)13)6-10(3,4)11(9)14;/h7H,5-6H2,1-4H3,(H,12,13);/q;+1/p-1. The molecule has 1 heterocycles. The summed E-state index contributed by atoms with van der Waals surface area (Å²) in [7, 11) is 0. The molecule has 0 atom stereocenters. The first-order valence-electron chi connectivity index (χ1n) is 4.85. The summed E-state index contributed by atoms with van der Waals surface area (Å²) in [6.07, 6.45) is 0.727. The molecular formula is C10H17NNaO3. The number of hydrogen-bond donors (Lipinski definition) is 0. The minimum atomic E-state index is -1.04. The van der Waals surface area contributed by atoms with Gasteiger partial charge in [0, 0.05) is 23.0 Å². The molecule has 0 unspecified atom stereocenters. The Bertz CT molecular complexity index is 235. The largest absolute Gasteiger partial charge is 1.00 e. The van der Waals surface area contributed by atoms with Crippen molar-refractivity contribution in [2.24, 2.45) is 5.92 Å². The molecule has 1 fully saturated rings. The number of piperidine rings is 1. The van der Waals surface area contributed by atoms with E-state index >= 15 is 0 Å². The van der Waals surface area contributed by atoms with Crippen molar-refractivity contribution in [3.05, 3.63) is 0 Å². The molecule has 0 N–H and O–H groups in total. The molecule has 5 heteroatoms. The number of aliphatic carboxylic acids is 1. The van der Waals surface area contributed by atoms with Crippen LogP contribution >= 0.6 is 0 Å². The third-order valence-corrected chi connectivity index (χ3v) is 2.92. The van der Waals surface area contributed by atoms with E-state index in [1.54, 1.807) is 27.7 Å². The van der Waals surface area contributed by atoms with E-state index in [9.17, 15) is 15.1 Å². The van der Waals surface area contributed by atoms with E-state index in [0.29, 0.717) is 12.8 Å². The van der Waals surface area contributed by atoms with Crippen LogP contribution in [0.5, 0.6) is 0 Å². The van der Waals surface area contributed by atoms with Gasteiger partial charge in [0.25, 0.3) is 0 Å². The molecular weight excluding hydrogens is 205 g/mol. The average Bonchev–Trinajstić information content (AvgIpc) is 1.98. The molecule has 15 heavy (non-hydrogen) atoms. The normalized spacial score (nSPS) is 25.7. The first-order chi connectivity index (χ1) is 6.17.